The fourth-order valence-corrected chi connectivity index (χ4v) is 2.64. The van der Waals surface area contributed by atoms with Crippen LogP contribution in [0, 0.1) is 11.6 Å². The van der Waals surface area contributed by atoms with Crippen LogP contribution in [0.1, 0.15) is 0 Å². The van der Waals surface area contributed by atoms with Crippen LogP contribution in [-0.4, -0.2) is 14.4 Å². The zero-order chi connectivity index (χ0) is 15.8. The quantitative estimate of drug-likeness (QED) is 0.551. The lowest BCUT2D eigenvalue weighted by Crippen LogP contribution is -1.94. The fraction of sp³-hybridized carbons (Fsp3) is 0. The number of pyridine rings is 2. The van der Waals surface area contributed by atoms with Crippen molar-refractivity contribution < 1.29 is 8.78 Å². The lowest BCUT2D eigenvalue weighted by molar-refractivity contribution is 0.585. The fourth-order valence-electron chi connectivity index (χ4n) is 2.64. The molecule has 0 bridgehead atoms. The molecule has 0 atom stereocenters. The Bertz CT molecular complexity index is 994. The maximum atomic E-state index is 14.3. The molecule has 3 nitrogen and oxygen atoms in total. The normalized spacial score (nSPS) is 11.0. The van der Waals surface area contributed by atoms with E-state index in [0.29, 0.717) is 16.8 Å². The van der Waals surface area contributed by atoms with E-state index in [-0.39, 0.29) is 0 Å². The van der Waals surface area contributed by atoms with E-state index in [4.69, 9.17) is 0 Å². The van der Waals surface area contributed by atoms with Crippen molar-refractivity contribution in [1.29, 1.82) is 0 Å². The standard InChI is InChI=1S/C18H11F2N3/c19-13-3-4-14(17(20)8-13)15-9-18-22-6-7-23(18)11-16(15)12-2-1-5-21-10-12/h1-11H. The van der Waals surface area contributed by atoms with Gasteiger partial charge in [0, 0.05) is 53.7 Å². The number of rotatable bonds is 2. The molecule has 0 unspecified atom stereocenters. The number of nitrogens with zero attached hydrogens (tertiary/aromatic N) is 3. The summed E-state index contributed by atoms with van der Waals surface area (Å²) in [5.41, 5.74) is 3.32. The number of imidazole rings is 1. The summed E-state index contributed by atoms with van der Waals surface area (Å²) in [7, 11) is 0. The van der Waals surface area contributed by atoms with Gasteiger partial charge in [-0.25, -0.2) is 13.8 Å². The van der Waals surface area contributed by atoms with Crippen LogP contribution in [0.15, 0.2) is 67.4 Å². The molecule has 112 valence electrons. The highest BCUT2D eigenvalue weighted by Gasteiger charge is 2.14. The van der Waals surface area contributed by atoms with E-state index in [1.807, 2.05) is 28.9 Å². The SMILES string of the molecule is Fc1ccc(-c2cc3nccn3cc2-c2cccnc2)c(F)c1. The second-order valence-electron chi connectivity index (χ2n) is 5.16. The largest absolute Gasteiger partial charge is 0.306 e. The lowest BCUT2D eigenvalue weighted by atomic mass is 9.97. The Hall–Kier alpha value is -3.08. The molecule has 0 aliphatic heterocycles. The molecule has 5 heteroatoms. The highest BCUT2D eigenvalue weighted by Crippen LogP contribution is 2.34. The Morgan fingerprint density at radius 2 is 1.83 bits per heavy atom. The van der Waals surface area contributed by atoms with Crippen LogP contribution in [0.5, 0.6) is 0 Å². The summed E-state index contributed by atoms with van der Waals surface area (Å²) in [6.07, 6.45) is 8.76. The van der Waals surface area contributed by atoms with E-state index in [9.17, 15) is 8.78 Å². The van der Waals surface area contributed by atoms with Gasteiger partial charge in [0.25, 0.3) is 0 Å². The second-order valence-corrected chi connectivity index (χ2v) is 5.16. The molecule has 3 heterocycles. The Balaban J connectivity index is 2.04. The van der Waals surface area contributed by atoms with Crippen LogP contribution in [0.25, 0.3) is 27.9 Å². The van der Waals surface area contributed by atoms with Crippen molar-refractivity contribution in [3.63, 3.8) is 0 Å². The van der Waals surface area contributed by atoms with Gasteiger partial charge >= 0.3 is 0 Å². The molecule has 0 N–H and O–H groups in total. The summed E-state index contributed by atoms with van der Waals surface area (Å²) in [5, 5.41) is 0. The van der Waals surface area contributed by atoms with Gasteiger partial charge in [-0.3, -0.25) is 4.98 Å². The monoisotopic (exact) mass is 307 g/mol. The third-order valence-electron chi connectivity index (χ3n) is 3.72. The molecule has 0 aliphatic carbocycles. The highest BCUT2D eigenvalue weighted by molar-refractivity contribution is 5.85. The van der Waals surface area contributed by atoms with E-state index < -0.39 is 11.6 Å². The third-order valence-corrected chi connectivity index (χ3v) is 3.72. The van der Waals surface area contributed by atoms with Crippen molar-refractivity contribution in [2.24, 2.45) is 0 Å². The van der Waals surface area contributed by atoms with E-state index in [2.05, 4.69) is 9.97 Å². The van der Waals surface area contributed by atoms with E-state index >= 15 is 0 Å². The Kier molecular flexibility index (Phi) is 3.12. The van der Waals surface area contributed by atoms with Crippen LogP contribution in [-0.2, 0) is 0 Å². The maximum Gasteiger partial charge on any atom is 0.137 e. The van der Waals surface area contributed by atoms with Gasteiger partial charge < -0.3 is 4.40 Å². The van der Waals surface area contributed by atoms with Crippen LogP contribution in [0.4, 0.5) is 8.78 Å². The molecule has 0 spiro atoms. The zero-order valence-corrected chi connectivity index (χ0v) is 11.9. The molecule has 0 radical (unpaired) electrons. The molecule has 4 rings (SSSR count). The molecular weight excluding hydrogens is 296 g/mol. The number of fused-ring (bicyclic) bond motifs is 1. The van der Waals surface area contributed by atoms with Crippen molar-refractivity contribution in [2.45, 2.75) is 0 Å². The minimum absolute atomic E-state index is 0.329. The van der Waals surface area contributed by atoms with Gasteiger partial charge in [-0.2, -0.15) is 0 Å². The predicted molar refractivity (Wildman–Crippen MR) is 83.8 cm³/mol. The van der Waals surface area contributed by atoms with Crippen molar-refractivity contribution >= 4 is 5.65 Å². The summed E-state index contributed by atoms with van der Waals surface area (Å²) in [6.45, 7) is 0. The first kappa shape index (κ1) is 13.6. The Labute approximate surface area is 130 Å². The lowest BCUT2D eigenvalue weighted by Gasteiger charge is -2.12. The molecule has 0 saturated heterocycles. The Morgan fingerprint density at radius 3 is 2.61 bits per heavy atom. The first-order valence-corrected chi connectivity index (χ1v) is 7.05. The summed E-state index contributed by atoms with van der Waals surface area (Å²) < 4.78 is 29.4. The predicted octanol–water partition coefficient (Wildman–Crippen LogP) is 4.34. The summed E-state index contributed by atoms with van der Waals surface area (Å²) >= 11 is 0. The number of hydrogen-bond acceptors (Lipinski definition) is 2. The topological polar surface area (TPSA) is 30.2 Å². The first-order valence-electron chi connectivity index (χ1n) is 7.05. The minimum atomic E-state index is -0.606. The third kappa shape index (κ3) is 2.36. The van der Waals surface area contributed by atoms with Crippen molar-refractivity contribution in [1.82, 2.24) is 14.4 Å². The van der Waals surface area contributed by atoms with Crippen LogP contribution in [0.2, 0.25) is 0 Å². The molecular formula is C18H11F2N3. The number of benzene rings is 1. The van der Waals surface area contributed by atoms with E-state index in [1.165, 1.54) is 12.1 Å². The summed E-state index contributed by atoms with van der Waals surface area (Å²) in [5.74, 6) is -1.21. The van der Waals surface area contributed by atoms with Gasteiger partial charge in [-0.15, -0.1) is 0 Å². The van der Waals surface area contributed by atoms with E-state index in [1.54, 1.807) is 24.7 Å². The first-order chi connectivity index (χ1) is 11.2. The minimum Gasteiger partial charge on any atom is -0.306 e. The van der Waals surface area contributed by atoms with Crippen molar-refractivity contribution in [3.8, 4) is 22.3 Å². The van der Waals surface area contributed by atoms with Crippen molar-refractivity contribution in [2.75, 3.05) is 0 Å². The average Bonchev–Trinajstić information content (AvgIpc) is 3.02. The number of halogens is 2. The maximum absolute atomic E-state index is 14.3. The molecule has 0 saturated carbocycles. The highest BCUT2D eigenvalue weighted by atomic mass is 19.1. The Morgan fingerprint density at radius 1 is 0.913 bits per heavy atom. The van der Waals surface area contributed by atoms with Gasteiger partial charge in [-0.1, -0.05) is 6.07 Å². The van der Waals surface area contributed by atoms with Gasteiger partial charge in [0.1, 0.15) is 17.3 Å². The molecule has 4 aromatic rings. The number of aromatic nitrogens is 3. The molecule has 3 aromatic heterocycles. The summed E-state index contributed by atoms with van der Waals surface area (Å²) in [6, 6.07) is 9.09. The zero-order valence-electron chi connectivity index (χ0n) is 11.9. The van der Waals surface area contributed by atoms with Gasteiger partial charge in [0.15, 0.2) is 0 Å². The second kappa shape index (κ2) is 5.28. The summed E-state index contributed by atoms with van der Waals surface area (Å²) in [4.78, 5) is 8.36. The van der Waals surface area contributed by atoms with Crippen LogP contribution in [0.3, 0.4) is 0 Å². The van der Waals surface area contributed by atoms with Gasteiger partial charge in [0.05, 0.1) is 0 Å². The van der Waals surface area contributed by atoms with Crippen molar-refractivity contribution in [3.05, 3.63) is 79.0 Å². The smallest absolute Gasteiger partial charge is 0.137 e. The molecule has 1 aromatic carbocycles. The molecule has 0 aliphatic rings. The molecule has 23 heavy (non-hydrogen) atoms. The average molecular weight is 307 g/mol. The molecule has 0 fully saturated rings. The van der Waals surface area contributed by atoms with Gasteiger partial charge in [-0.05, 0) is 29.8 Å². The number of hydrogen-bond donors (Lipinski definition) is 0. The van der Waals surface area contributed by atoms with Gasteiger partial charge in [0.2, 0.25) is 0 Å². The van der Waals surface area contributed by atoms with E-state index in [0.717, 1.165) is 17.2 Å². The van der Waals surface area contributed by atoms with Crippen LogP contribution < -0.4 is 0 Å². The van der Waals surface area contributed by atoms with Crippen LogP contribution >= 0.6 is 0 Å². The molecule has 0 amide bonds.